The van der Waals surface area contributed by atoms with Gasteiger partial charge in [-0.1, -0.05) is 6.07 Å². The zero-order chi connectivity index (χ0) is 25.9. The Labute approximate surface area is 195 Å². The smallest absolute Gasteiger partial charge is 0.361 e. The van der Waals surface area contributed by atoms with E-state index in [1.807, 2.05) is 4.72 Å². The van der Waals surface area contributed by atoms with Crippen LogP contribution in [-0.4, -0.2) is 24.9 Å². The van der Waals surface area contributed by atoms with Crippen LogP contribution in [0.2, 0.25) is 0 Å². The van der Waals surface area contributed by atoms with Crippen LogP contribution < -0.4 is 15.4 Å². The molecule has 0 fully saturated rings. The van der Waals surface area contributed by atoms with Gasteiger partial charge in [-0.15, -0.1) is 0 Å². The van der Waals surface area contributed by atoms with Crippen molar-refractivity contribution in [2.24, 2.45) is 0 Å². The fraction of sp³-hybridized carbons (Fsp3) is 0.190. The third-order valence-corrected chi connectivity index (χ3v) is 5.90. The Morgan fingerprint density at radius 3 is 1.97 bits per heavy atom. The van der Waals surface area contributed by atoms with Crippen LogP contribution in [-0.2, 0) is 28.9 Å². The van der Waals surface area contributed by atoms with Crippen molar-refractivity contribution < 1.29 is 39.9 Å². The lowest BCUT2D eigenvalue weighted by molar-refractivity contribution is -0.143. The van der Waals surface area contributed by atoms with Gasteiger partial charge < -0.3 is 10.4 Å². The first-order valence-corrected chi connectivity index (χ1v) is 11.2. The molecular formula is C21H18F6N4O3S. The molecular weight excluding hydrogens is 502 g/mol. The van der Waals surface area contributed by atoms with Gasteiger partial charge in [-0.05, 0) is 54.1 Å². The third-order valence-electron chi connectivity index (χ3n) is 4.53. The SMILES string of the molecule is O=S(=O)(Nc1ccc(NC(O)NCc2cccnc2)cc1)c1cc(C(F)(F)F)cc(C(F)(F)F)c1. The van der Waals surface area contributed by atoms with Crippen LogP contribution in [0, 0.1) is 0 Å². The van der Waals surface area contributed by atoms with Gasteiger partial charge in [0, 0.05) is 30.3 Å². The number of nitrogens with zero attached hydrogens (tertiary/aromatic N) is 1. The van der Waals surface area contributed by atoms with E-state index in [1.54, 1.807) is 24.5 Å². The molecule has 7 nitrogen and oxygen atoms in total. The summed E-state index contributed by atoms with van der Waals surface area (Å²) >= 11 is 0. The Hall–Kier alpha value is -3.36. The fourth-order valence-corrected chi connectivity index (χ4v) is 3.98. The zero-order valence-electron chi connectivity index (χ0n) is 17.5. The number of hydrogen-bond donors (Lipinski definition) is 4. The standard InChI is InChI=1S/C21H18F6N4O3S/c22-20(23,24)14-8-15(21(25,26)27)10-18(9-14)35(33,34)31-17-5-3-16(4-6-17)30-19(32)29-12-13-2-1-7-28-11-13/h1-11,19,29-32H,12H2. The molecule has 3 aromatic rings. The van der Waals surface area contributed by atoms with Crippen LogP contribution in [0.1, 0.15) is 16.7 Å². The van der Waals surface area contributed by atoms with Crippen molar-refractivity contribution in [3.05, 3.63) is 83.7 Å². The van der Waals surface area contributed by atoms with Gasteiger partial charge in [-0.3, -0.25) is 15.0 Å². The van der Waals surface area contributed by atoms with E-state index in [0.29, 0.717) is 5.69 Å². The van der Waals surface area contributed by atoms with Crippen molar-refractivity contribution in [2.45, 2.75) is 30.1 Å². The number of sulfonamides is 1. The van der Waals surface area contributed by atoms with Gasteiger partial charge in [0.15, 0.2) is 6.35 Å². The van der Waals surface area contributed by atoms with Crippen molar-refractivity contribution in [3.63, 3.8) is 0 Å². The second-order valence-corrected chi connectivity index (χ2v) is 8.90. The quantitative estimate of drug-likeness (QED) is 0.260. The van der Waals surface area contributed by atoms with Gasteiger partial charge in [0.25, 0.3) is 10.0 Å². The first-order valence-electron chi connectivity index (χ1n) is 9.73. The first kappa shape index (κ1) is 26.2. The largest absolute Gasteiger partial charge is 0.416 e. The summed E-state index contributed by atoms with van der Waals surface area (Å²) in [6, 6.07) is 8.72. The maximum atomic E-state index is 13.0. The molecule has 188 valence electrons. The van der Waals surface area contributed by atoms with Crippen LogP contribution in [0.25, 0.3) is 0 Å². The lowest BCUT2D eigenvalue weighted by Gasteiger charge is -2.17. The Kier molecular flexibility index (Phi) is 7.57. The van der Waals surface area contributed by atoms with E-state index in [2.05, 4.69) is 15.6 Å². The van der Waals surface area contributed by atoms with Crippen LogP contribution in [0.5, 0.6) is 0 Å². The van der Waals surface area contributed by atoms with Gasteiger partial charge in [0.05, 0.1) is 16.0 Å². The number of anilines is 2. The first-order chi connectivity index (χ1) is 16.2. The van der Waals surface area contributed by atoms with Gasteiger partial charge >= 0.3 is 12.4 Å². The third kappa shape index (κ3) is 7.31. The van der Waals surface area contributed by atoms with E-state index in [4.69, 9.17) is 0 Å². The molecule has 0 spiro atoms. The highest BCUT2D eigenvalue weighted by atomic mass is 32.2. The van der Waals surface area contributed by atoms with Crippen LogP contribution in [0.3, 0.4) is 0 Å². The molecule has 0 aliphatic heterocycles. The lowest BCUT2D eigenvalue weighted by Crippen LogP contribution is -2.35. The van der Waals surface area contributed by atoms with E-state index in [9.17, 15) is 39.9 Å². The van der Waals surface area contributed by atoms with Gasteiger partial charge in [-0.2, -0.15) is 26.3 Å². The Bertz CT molecular complexity index is 1220. The summed E-state index contributed by atoms with van der Waals surface area (Å²) in [4.78, 5) is 2.73. The number of rotatable bonds is 8. The second-order valence-electron chi connectivity index (χ2n) is 7.21. The average molecular weight is 520 g/mol. The van der Waals surface area contributed by atoms with Crippen molar-refractivity contribution in [1.29, 1.82) is 0 Å². The Morgan fingerprint density at radius 2 is 1.46 bits per heavy atom. The number of nitrogens with one attached hydrogen (secondary N) is 3. The summed E-state index contributed by atoms with van der Waals surface area (Å²) in [6.07, 6.45) is -8.38. The number of halogens is 6. The lowest BCUT2D eigenvalue weighted by atomic mass is 10.1. The van der Waals surface area contributed by atoms with E-state index in [0.717, 1.165) is 5.56 Å². The molecule has 0 bridgehead atoms. The number of hydrogen-bond acceptors (Lipinski definition) is 6. The number of aromatic nitrogens is 1. The van der Waals surface area contributed by atoms with Gasteiger partial charge in [0.2, 0.25) is 0 Å². The van der Waals surface area contributed by atoms with E-state index >= 15 is 0 Å². The number of benzene rings is 2. The molecule has 1 aromatic heterocycles. The van der Waals surface area contributed by atoms with Crippen molar-refractivity contribution in [1.82, 2.24) is 10.3 Å². The summed E-state index contributed by atoms with van der Waals surface area (Å²) in [7, 11) is -4.79. The monoisotopic (exact) mass is 520 g/mol. The normalized spacial score (nSPS) is 13.3. The molecule has 0 amide bonds. The predicted octanol–water partition coefficient (Wildman–Crippen LogP) is 4.40. The van der Waals surface area contributed by atoms with Crippen LogP contribution in [0.4, 0.5) is 37.7 Å². The molecule has 2 aromatic carbocycles. The molecule has 0 saturated carbocycles. The summed E-state index contributed by atoms with van der Waals surface area (Å²) in [5.74, 6) is 0. The predicted molar refractivity (Wildman–Crippen MR) is 114 cm³/mol. The molecule has 0 aliphatic rings. The zero-order valence-corrected chi connectivity index (χ0v) is 18.3. The minimum atomic E-state index is -5.19. The van der Waals surface area contributed by atoms with Gasteiger partial charge in [-0.25, -0.2) is 8.42 Å². The minimum Gasteiger partial charge on any atom is -0.361 e. The molecule has 0 aliphatic carbocycles. The average Bonchev–Trinajstić information content (AvgIpc) is 2.78. The van der Waals surface area contributed by atoms with Crippen molar-refractivity contribution in [3.8, 4) is 0 Å². The number of aliphatic hydroxyl groups excluding tert-OH is 1. The molecule has 1 heterocycles. The maximum Gasteiger partial charge on any atom is 0.416 e. The Morgan fingerprint density at radius 1 is 0.886 bits per heavy atom. The molecule has 0 radical (unpaired) electrons. The summed E-state index contributed by atoms with van der Waals surface area (Å²) in [6.45, 7) is 0.288. The highest BCUT2D eigenvalue weighted by molar-refractivity contribution is 7.92. The van der Waals surface area contributed by atoms with Crippen LogP contribution in [0.15, 0.2) is 71.9 Å². The van der Waals surface area contributed by atoms with E-state index in [-0.39, 0.29) is 30.4 Å². The Balaban J connectivity index is 1.72. The van der Waals surface area contributed by atoms with Crippen molar-refractivity contribution >= 4 is 21.4 Å². The van der Waals surface area contributed by atoms with E-state index < -0.39 is 44.8 Å². The molecule has 14 heteroatoms. The molecule has 1 atom stereocenters. The summed E-state index contributed by atoms with van der Waals surface area (Å²) in [5, 5.41) is 15.5. The molecule has 0 saturated heterocycles. The molecule has 4 N–H and O–H groups in total. The molecule has 1 unspecified atom stereocenters. The highest BCUT2D eigenvalue weighted by Gasteiger charge is 2.38. The molecule has 35 heavy (non-hydrogen) atoms. The number of pyridine rings is 1. The van der Waals surface area contributed by atoms with E-state index in [1.165, 1.54) is 24.3 Å². The van der Waals surface area contributed by atoms with Gasteiger partial charge in [0.1, 0.15) is 0 Å². The summed E-state index contributed by atoms with van der Waals surface area (Å²) in [5.41, 5.74) is -2.47. The topological polar surface area (TPSA) is 103 Å². The maximum absolute atomic E-state index is 13.0. The number of aliphatic hydroxyl groups is 1. The second kappa shape index (κ2) is 10.1. The molecule has 3 rings (SSSR count). The summed E-state index contributed by atoms with van der Waals surface area (Å²) < 4.78 is 105. The minimum absolute atomic E-state index is 0.123. The fourth-order valence-electron chi connectivity index (χ4n) is 2.86. The van der Waals surface area contributed by atoms with Crippen LogP contribution >= 0.6 is 0 Å². The highest BCUT2D eigenvalue weighted by Crippen LogP contribution is 2.37. The van der Waals surface area contributed by atoms with Crippen molar-refractivity contribution in [2.75, 3.05) is 10.0 Å². The number of alkyl halides is 6.